The normalized spacial score (nSPS) is 21.5. The number of rotatable bonds is 6. The average Bonchev–Trinajstić information content (AvgIpc) is 3.27. The van der Waals surface area contributed by atoms with Crippen LogP contribution in [0.4, 0.5) is 5.69 Å². The lowest BCUT2D eigenvalue weighted by atomic mass is 10.1. The van der Waals surface area contributed by atoms with Gasteiger partial charge >= 0.3 is 0 Å². The molecule has 1 aromatic heterocycles. The number of benzene rings is 1. The van der Waals surface area contributed by atoms with Crippen molar-refractivity contribution in [1.29, 1.82) is 0 Å². The van der Waals surface area contributed by atoms with Crippen LogP contribution in [0.3, 0.4) is 0 Å². The van der Waals surface area contributed by atoms with Gasteiger partial charge in [0.2, 0.25) is 0 Å². The number of fused-ring (bicyclic) bond motifs is 1. The maximum Gasteiger partial charge on any atom is 0.147 e. The quantitative estimate of drug-likeness (QED) is 0.769. The molecule has 1 aromatic carbocycles. The molecule has 0 radical (unpaired) electrons. The number of nitrogens with zero attached hydrogens (tertiary/aromatic N) is 1. The number of para-hydroxylation sites is 1. The van der Waals surface area contributed by atoms with Crippen molar-refractivity contribution >= 4 is 43.2 Å². The third-order valence-electron chi connectivity index (χ3n) is 5.00. The smallest absolute Gasteiger partial charge is 0.147 e. The van der Waals surface area contributed by atoms with Crippen LogP contribution in [0.15, 0.2) is 29.3 Å². The zero-order chi connectivity index (χ0) is 18.9. The summed E-state index contributed by atoms with van der Waals surface area (Å²) < 4.78 is 28.2. The number of thioether (sulfide) groups is 1. The number of aliphatic imine (C=N–C) groups is 1. The number of hydrogen-bond donors (Lipinski definition) is 2. The SMILES string of the molecule is CS(=O)(=O)CCC1CSC(c2cc3cccc(NC4CCOCC4)c3[nH]2)=N1. The fourth-order valence-electron chi connectivity index (χ4n) is 3.51. The van der Waals surface area contributed by atoms with Crippen LogP contribution in [-0.2, 0) is 14.6 Å². The first-order valence-corrected chi connectivity index (χ1v) is 12.4. The van der Waals surface area contributed by atoms with Crippen molar-refractivity contribution in [2.45, 2.75) is 31.3 Å². The lowest BCUT2D eigenvalue weighted by Gasteiger charge is -2.24. The number of sulfone groups is 1. The maximum atomic E-state index is 11.4. The molecule has 8 heteroatoms. The monoisotopic (exact) mass is 407 g/mol. The van der Waals surface area contributed by atoms with Gasteiger partial charge < -0.3 is 15.0 Å². The van der Waals surface area contributed by atoms with Gasteiger partial charge in [0.05, 0.1) is 28.7 Å². The van der Waals surface area contributed by atoms with E-state index in [1.165, 1.54) is 6.26 Å². The second-order valence-corrected chi connectivity index (χ2v) is 10.6. The topological polar surface area (TPSA) is 83.5 Å². The van der Waals surface area contributed by atoms with E-state index < -0.39 is 9.84 Å². The largest absolute Gasteiger partial charge is 0.381 e. The molecule has 2 aliphatic heterocycles. The molecular weight excluding hydrogens is 382 g/mol. The standard InChI is InChI=1S/C19H25N3O3S2/c1-27(23,24)10-7-15-12-26-19(21-15)17-11-13-3-2-4-16(18(13)22-17)20-14-5-8-25-9-6-14/h2-4,11,14-15,20,22H,5-10,12H2,1H3. The van der Waals surface area contributed by atoms with Crippen molar-refractivity contribution in [3.8, 4) is 0 Å². The number of H-pyrrole nitrogens is 1. The van der Waals surface area contributed by atoms with Gasteiger partial charge in [-0.2, -0.15) is 0 Å². The van der Waals surface area contributed by atoms with Gasteiger partial charge in [0.25, 0.3) is 0 Å². The molecule has 0 saturated carbocycles. The van der Waals surface area contributed by atoms with Gasteiger partial charge in [0.1, 0.15) is 14.9 Å². The molecule has 0 bridgehead atoms. The summed E-state index contributed by atoms with van der Waals surface area (Å²) in [4.78, 5) is 8.27. The highest BCUT2D eigenvalue weighted by Gasteiger charge is 2.22. The Labute approximate surface area is 164 Å². The van der Waals surface area contributed by atoms with Crippen LogP contribution in [-0.4, -0.2) is 61.5 Å². The van der Waals surface area contributed by atoms with Crippen molar-refractivity contribution in [1.82, 2.24) is 4.98 Å². The molecule has 1 unspecified atom stereocenters. The number of aromatic nitrogens is 1. The Hall–Kier alpha value is -1.51. The van der Waals surface area contributed by atoms with Crippen molar-refractivity contribution in [2.75, 3.05) is 36.3 Å². The second kappa shape index (κ2) is 7.85. The number of anilines is 1. The molecule has 2 N–H and O–H groups in total. The Kier molecular flexibility index (Phi) is 5.48. The third-order valence-corrected chi connectivity index (χ3v) is 7.13. The summed E-state index contributed by atoms with van der Waals surface area (Å²) in [6, 6.07) is 8.93. The Morgan fingerprint density at radius 2 is 2.15 bits per heavy atom. The predicted molar refractivity (Wildman–Crippen MR) is 113 cm³/mol. The molecule has 3 heterocycles. The zero-order valence-corrected chi connectivity index (χ0v) is 17.0. The van der Waals surface area contributed by atoms with Gasteiger partial charge in [0, 0.05) is 36.7 Å². The Morgan fingerprint density at radius 3 is 2.93 bits per heavy atom. The van der Waals surface area contributed by atoms with Crippen LogP contribution in [0.5, 0.6) is 0 Å². The Bertz CT molecular complexity index is 946. The van der Waals surface area contributed by atoms with Crippen LogP contribution in [0, 0.1) is 0 Å². The summed E-state index contributed by atoms with van der Waals surface area (Å²) in [6.07, 6.45) is 3.92. The molecular formula is C19H25N3O3S2. The first-order valence-electron chi connectivity index (χ1n) is 9.33. The molecule has 4 rings (SSSR count). The van der Waals surface area contributed by atoms with E-state index in [1.807, 2.05) is 0 Å². The fraction of sp³-hybridized carbons (Fsp3) is 0.526. The Morgan fingerprint density at radius 1 is 1.33 bits per heavy atom. The molecule has 1 atom stereocenters. The summed E-state index contributed by atoms with van der Waals surface area (Å²) in [6.45, 7) is 1.62. The zero-order valence-electron chi connectivity index (χ0n) is 15.4. The van der Waals surface area contributed by atoms with Gasteiger partial charge in [-0.3, -0.25) is 4.99 Å². The Balaban J connectivity index is 1.52. The van der Waals surface area contributed by atoms with Gasteiger partial charge in [0.15, 0.2) is 0 Å². The lowest BCUT2D eigenvalue weighted by Crippen LogP contribution is -2.27. The minimum atomic E-state index is -2.94. The summed E-state index contributed by atoms with van der Waals surface area (Å²) in [5, 5.41) is 5.78. The lowest BCUT2D eigenvalue weighted by molar-refractivity contribution is 0.0905. The van der Waals surface area contributed by atoms with Crippen LogP contribution in [0.1, 0.15) is 25.0 Å². The predicted octanol–water partition coefficient (Wildman–Crippen LogP) is 3.06. The minimum Gasteiger partial charge on any atom is -0.381 e. The van der Waals surface area contributed by atoms with Crippen molar-refractivity contribution in [3.05, 3.63) is 30.0 Å². The highest BCUT2D eigenvalue weighted by Crippen LogP contribution is 2.30. The summed E-state index contributed by atoms with van der Waals surface area (Å²) in [5.41, 5.74) is 3.22. The average molecular weight is 408 g/mol. The maximum absolute atomic E-state index is 11.4. The molecule has 2 aliphatic rings. The van der Waals surface area contributed by atoms with Gasteiger partial charge in [-0.25, -0.2) is 8.42 Å². The van der Waals surface area contributed by atoms with E-state index in [0.29, 0.717) is 12.5 Å². The molecule has 0 aliphatic carbocycles. The molecule has 6 nitrogen and oxygen atoms in total. The van der Waals surface area contributed by atoms with E-state index >= 15 is 0 Å². The van der Waals surface area contributed by atoms with E-state index in [4.69, 9.17) is 9.73 Å². The molecule has 0 amide bonds. The van der Waals surface area contributed by atoms with Crippen LogP contribution >= 0.6 is 11.8 Å². The van der Waals surface area contributed by atoms with Crippen LogP contribution < -0.4 is 5.32 Å². The van der Waals surface area contributed by atoms with E-state index in [2.05, 4.69) is 34.6 Å². The second-order valence-electron chi connectivity index (χ2n) is 7.30. The van der Waals surface area contributed by atoms with E-state index in [1.54, 1.807) is 11.8 Å². The molecule has 2 aromatic rings. The molecule has 1 saturated heterocycles. The van der Waals surface area contributed by atoms with Gasteiger partial charge in [-0.15, -0.1) is 11.8 Å². The van der Waals surface area contributed by atoms with E-state index in [0.717, 1.165) is 59.1 Å². The van der Waals surface area contributed by atoms with Crippen molar-refractivity contribution < 1.29 is 13.2 Å². The van der Waals surface area contributed by atoms with Crippen molar-refractivity contribution in [2.24, 2.45) is 4.99 Å². The number of ether oxygens (including phenoxy) is 1. The summed E-state index contributed by atoms with van der Waals surface area (Å²) in [5.74, 6) is 1.04. The highest BCUT2D eigenvalue weighted by atomic mass is 32.2. The van der Waals surface area contributed by atoms with Gasteiger partial charge in [-0.1, -0.05) is 12.1 Å². The van der Waals surface area contributed by atoms with Crippen molar-refractivity contribution in [3.63, 3.8) is 0 Å². The van der Waals surface area contributed by atoms with E-state index in [-0.39, 0.29) is 11.8 Å². The van der Waals surface area contributed by atoms with E-state index in [9.17, 15) is 8.42 Å². The summed E-state index contributed by atoms with van der Waals surface area (Å²) in [7, 11) is -2.94. The number of nitrogens with one attached hydrogen (secondary N) is 2. The number of hydrogen-bond acceptors (Lipinski definition) is 6. The first kappa shape index (κ1) is 18.8. The number of aromatic amines is 1. The molecule has 0 spiro atoms. The fourth-order valence-corrected chi connectivity index (χ4v) is 5.30. The third kappa shape index (κ3) is 4.67. The summed E-state index contributed by atoms with van der Waals surface area (Å²) >= 11 is 1.70. The molecule has 146 valence electrons. The van der Waals surface area contributed by atoms with Crippen LogP contribution in [0.2, 0.25) is 0 Å². The molecule has 1 fully saturated rings. The van der Waals surface area contributed by atoms with Gasteiger partial charge in [-0.05, 0) is 31.4 Å². The highest BCUT2D eigenvalue weighted by molar-refractivity contribution is 8.14. The first-order chi connectivity index (χ1) is 13.0. The van der Waals surface area contributed by atoms with Crippen LogP contribution in [0.25, 0.3) is 10.9 Å². The molecule has 27 heavy (non-hydrogen) atoms. The minimum absolute atomic E-state index is 0.0750.